The first-order valence-corrected chi connectivity index (χ1v) is 16.0. The van der Waals surface area contributed by atoms with E-state index < -0.39 is 40.9 Å². The highest BCUT2D eigenvalue weighted by atomic mass is 19.4. The Bertz CT molecular complexity index is 1570. The molecular formula is C35H39F3N2O5. The van der Waals surface area contributed by atoms with Crippen LogP contribution in [0.3, 0.4) is 0 Å². The summed E-state index contributed by atoms with van der Waals surface area (Å²) in [6.07, 6.45) is 2.35. The standard InChI is InChI=1S/C35H39F3N2O5/c1-20(2)40(29(42)12-9-22-5-4-6-25(17-22)35(36,37)38)26-13-14-34(43)28-18-24-10-11-27(44-21(3)41)31-30(24)33(34,32(26)45-31)15-16-39(28)19-23-7-8-23/h4-6,9-12,17,20,23,26,28,32,43H,7-8,13-16,18-19H2,1-3H3/b12-9+/t26?,28-,32?,33+,34-/m1/s1. The number of aliphatic hydroxyl groups is 1. The Morgan fingerprint density at radius 2 is 1.96 bits per heavy atom. The maximum atomic E-state index is 13.9. The van der Waals surface area contributed by atoms with Crippen molar-refractivity contribution < 1.29 is 37.3 Å². The molecule has 1 amide bonds. The lowest BCUT2D eigenvalue weighted by atomic mass is 9.48. The number of amides is 1. The lowest BCUT2D eigenvalue weighted by molar-refractivity contribution is -0.202. The highest BCUT2D eigenvalue weighted by Crippen LogP contribution is 2.66. The van der Waals surface area contributed by atoms with Crippen molar-refractivity contribution in [1.29, 1.82) is 0 Å². The zero-order valence-corrected chi connectivity index (χ0v) is 25.8. The number of hydrogen-bond acceptors (Lipinski definition) is 6. The molecule has 2 aromatic rings. The molecule has 0 radical (unpaired) electrons. The van der Waals surface area contributed by atoms with Crippen LogP contribution in [-0.4, -0.2) is 69.7 Å². The maximum absolute atomic E-state index is 13.9. The summed E-state index contributed by atoms with van der Waals surface area (Å²) in [7, 11) is 0. The van der Waals surface area contributed by atoms with E-state index in [1.54, 1.807) is 11.0 Å². The fourth-order valence-corrected chi connectivity index (χ4v) is 8.84. The highest BCUT2D eigenvalue weighted by molar-refractivity contribution is 5.92. The number of likely N-dealkylation sites (tertiary alicyclic amines) is 1. The van der Waals surface area contributed by atoms with Gasteiger partial charge < -0.3 is 19.5 Å². The molecular weight excluding hydrogens is 585 g/mol. The van der Waals surface area contributed by atoms with Crippen LogP contribution in [0, 0.1) is 5.92 Å². The van der Waals surface area contributed by atoms with Crippen LogP contribution in [0.15, 0.2) is 42.5 Å². The van der Waals surface area contributed by atoms with Crippen molar-refractivity contribution in [3.63, 3.8) is 0 Å². The average molecular weight is 625 g/mol. The Morgan fingerprint density at radius 1 is 1.18 bits per heavy atom. The van der Waals surface area contributed by atoms with E-state index in [1.165, 1.54) is 44.1 Å². The number of carbonyl (C=O) groups excluding carboxylic acids is 2. The van der Waals surface area contributed by atoms with Crippen molar-refractivity contribution in [2.45, 2.75) is 101 Å². The van der Waals surface area contributed by atoms with Crippen LogP contribution in [0.1, 0.15) is 75.1 Å². The Labute approximate surface area is 261 Å². The molecule has 240 valence electrons. The second-order valence-electron chi connectivity index (χ2n) is 13.8. The molecule has 2 aliphatic heterocycles. The van der Waals surface area contributed by atoms with Crippen molar-refractivity contribution in [3.8, 4) is 11.5 Å². The van der Waals surface area contributed by atoms with Crippen molar-refractivity contribution in [3.05, 3.63) is 64.7 Å². The van der Waals surface area contributed by atoms with Gasteiger partial charge in [-0.1, -0.05) is 18.2 Å². The van der Waals surface area contributed by atoms with Gasteiger partial charge in [-0.25, -0.2) is 0 Å². The fraction of sp³-hybridized carbons (Fsp3) is 0.543. The summed E-state index contributed by atoms with van der Waals surface area (Å²) >= 11 is 0. The minimum absolute atomic E-state index is 0.0964. The number of benzene rings is 2. The molecule has 3 fully saturated rings. The molecule has 5 atom stereocenters. The van der Waals surface area contributed by atoms with E-state index in [0.717, 1.165) is 36.3 Å². The van der Waals surface area contributed by atoms with Gasteiger partial charge in [-0.2, -0.15) is 13.2 Å². The van der Waals surface area contributed by atoms with Crippen molar-refractivity contribution >= 4 is 18.0 Å². The molecule has 2 aromatic carbocycles. The van der Waals surface area contributed by atoms with E-state index in [-0.39, 0.29) is 23.6 Å². The topological polar surface area (TPSA) is 79.3 Å². The van der Waals surface area contributed by atoms with Gasteiger partial charge >= 0.3 is 12.1 Å². The summed E-state index contributed by atoms with van der Waals surface area (Å²) in [5, 5.41) is 12.9. The predicted octanol–water partition coefficient (Wildman–Crippen LogP) is 5.51. The first-order valence-electron chi connectivity index (χ1n) is 16.0. The lowest BCUT2D eigenvalue weighted by Crippen LogP contribution is -2.78. The molecule has 2 bridgehead atoms. The number of nitrogens with zero attached hydrogens (tertiary/aromatic N) is 2. The van der Waals surface area contributed by atoms with Gasteiger partial charge in [0.15, 0.2) is 11.5 Å². The molecule has 45 heavy (non-hydrogen) atoms. The quantitative estimate of drug-likeness (QED) is 0.249. The predicted molar refractivity (Wildman–Crippen MR) is 161 cm³/mol. The zero-order valence-electron chi connectivity index (χ0n) is 25.8. The first kappa shape index (κ1) is 30.3. The number of piperidine rings is 1. The van der Waals surface area contributed by atoms with Crippen molar-refractivity contribution in [2.75, 3.05) is 13.1 Å². The molecule has 1 saturated heterocycles. The van der Waals surface area contributed by atoms with Gasteiger partial charge in [0, 0.05) is 37.2 Å². The number of hydrogen-bond donors (Lipinski definition) is 1. The molecule has 2 heterocycles. The van der Waals surface area contributed by atoms with Gasteiger partial charge in [-0.3, -0.25) is 14.5 Å². The van der Waals surface area contributed by atoms with Gasteiger partial charge in [0.2, 0.25) is 5.91 Å². The molecule has 10 heteroatoms. The summed E-state index contributed by atoms with van der Waals surface area (Å²) in [6, 6.07) is 7.86. The molecule has 0 aromatic heterocycles. The van der Waals surface area contributed by atoms with Crippen LogP contribution in [-0.2, 0) is 27.6 Å². The third kappa shape index (κ3) is 4.78. The molecule has 2 saturated carbocycles. The summed E-state index contributed by atoms with van der Waals surface area (Å²) in [5.41, 5.74) is -0.439. The van der Waals surface area contributed by atoms with E-state index in [9.17, 15) is 27.9 Å². The molecule has 7 nitrogen and oxygen atoms in total. The number of alkyl halides is 3. The van der Waals surface area contributed by atoms with E-state index in [0.29, 0.717) is 43.1 Å². The summed E-state index contributed by atoms with van der Waals surface area (Å²) in [5.74, 6) is 0.642. The van der Waals surface area contributed by atoms with Gasteiger partial charge in [0.1, 0.15) is 6.10 Å². The average Bonchev–Trinajstić information content (AvgIpc) is 3.72. The largest absolute Gasteiger partial charge is 0.483 e. The summed E-state index contributed by atoms with van der Waals surface area (Å²) in [6.45, 7) is 6.91. The second-order valence-corrected chi connectivity index (χ2v) is 13.8. The molecule has 2 unspecified atom stereocenters. The van der Waals surface area contributed by atoms with Crippen LogP contribution >= 0.6 is 0 Å². The third-order valence-electron chi connectivity index (χ3n) is 10.8. The van der Waals surface area contributed by atoms with Crippen LogP contribution in [0.4, 0.5) is 13.2 Å². The molecule has 5 aliphatic rings. The number of carbonyl (C=O) groups is 2. The Hall–Kier alpha value is -3.37. The first-order chi connectivity index (χ1) is 21.3. The molecule has 1 spiro atoms. The maximum Gasteiger partial charge on any atom is 0.416 e. The number of esters is 1. The Morgan fingerprint density at radius 3 is 2.64 bits per heavy atom. The van der Waals surface area contributed by atoms with Crippen LogP contribution in [0.25, 0.3) is 6.08 Å². The van der Waals surface area contributed by atoms with E-state index in [4.69, 9.17) is 9.47 Å². The monoisotopic (exact) mass is 624 g/mol. The van der Waals surface area contributed by atoms with Crippen molar-refractivity contribution in [1.82, 2.24) is 9.80 Å². The van der Waals surface area contributed by atoms with Crippen LogP contribution in [0.5, 0.6) is 11.5 Å². The summed E-state index contributed by atoms with van der Waals surface area (Å²) < 4.78 is 52.3. The third-order valence-corrected chi connectivity index (χ3v) is 10.8. The van der Waals surface area contributed by atoms with Gasteiger partial charge in [0.05, 0.1) is 22.6 Å². The van der Waals surface area contributed by atoms with E-state index in [1.807, 2.05) is 19.9 Å². The summed E-state index contributed by atoms with van der Waals surface area (Å²) in [4.78, 5) is 30.2. The molecule has 3 aliphatic carbocycles. The number of halogens is 3. The molecule has 1 N–H and O–H groups in total. The minimum atomic E-state index is -4.49. The van der Waals surface area contributed by atoms with Gasteiger partial charge in [-0.15, -0.1) is 0 Å². The molecule has 7 rings (SSSR count). The zero-order chi connectivity index (χ0) is 31.9. The number of ether oxygens (including phenoxy) is 2. The normalized spacial score (nSPS) is 30.3. The Kier molecular flexibility index (Phi) is 7.13. The lowest BCUT2D eigenvalue weighted by Gasteiger charge is -2.65. The SMILES string of the molecule is CC(=O)Oc1ccc2c3c1OC1C(N(C(=O)/C=C/c4cccc(C(F)(F)F)c4)C(C)C)CC[C@@]4(O)[C@@H](C2)N(CC2CC2)CC[C@]314. The van der Waals surface area contributed by atoms with Crippen molar-refractivity contribution in [2.24, 2.45) is 5.92 Å². The van der Waals surface area contributed by atoms with Gasteiger partial charge in [-0.05, 0) is 100 Å². The smallest absolute Gasteiger partial charge is 0.416 e. The van der Waals surface area contributed by atoms with E-state index >= 15 is 0 Å². The second kappa shape index (κ2) is 10.6. The van der Waals surface area contributed by atoms with Crippen LogP contribution in [0.2, 0.25) is 0 Å². The van der Waals surface area contributed by atoms with Crippen LogP contribution < -0.4 is 9.47 Å². The highest BCUT2D eigenvalue weighted by Gasteiger charge is 2.73. The number of rotatable bonds is 7. The Balaban J connectivity index is 1.27. The van der Waals surface area contributed by atoms with E-state index in [2.05, 4.69) is 4.90 Å². The fourth-order valence-electron chi connectivity index (χ4n) is 8.84. The van der Waals surface area contributed by atoms with Gasteiger partial charge in [0.25, 0.3) is 0 Å². The minimum Gasteiger partial charge on any atom is -0.483 e.